The lowest BCUT2D eigenvalue weighted by Crippen LogP contribution is -1.59. The highest BCUT2D eigenvalue weighted by Crippen LogP contribution is 2.06. The maximum atomic E-state index is 9.68. The number of nitrogens with zero attached hydrogens (tertiary/aromatic N) is 1. The molecular weight excluding hydrogens is 130 g/mol. The van der Waals surface area contributed by atoms with E-state index in [4.69, 9.17) is 0 Å². The van der Waals surface area contributed by atoms with Crippen LogP contribution in [0, 0.1) is 0 Å². The fourth-order valence-corrected chi connectivity index (χ4v) is 0.555. The summed E-state index contributed by atoms with van der Waals surface area (Å²) >= 11 is 0. The first-order valence-electron chi connectivity index (χ1n) is 2.56. The smallest absolute Gasteiger partial charge is 0.240 e. The molecule has 0 bridgehead atoms. The summed E-state index contributed by atoms with van der Waals surface area (Å²) in [6, 6.07) is 8.98. The first-order chi connectivity index (χ1) is 4.43. The van der Waals surface area contributed by atoms with E-state index in [0.29, 0.717) is 5.69 Å². The van der Waals surface area contributed by atoms with E-state index < -0.39 is 0 Å². The Bertz CT molecular complexity index is 227. The van der Waals surface area contributed by atoms with Gasteiger partial charge in [0.25, 0.3) is 0 Å². The molecule has 1 aromatic carbocycles. The fraction of sp³-hybridized carbons (Fsp3) is 0. The maximum Gasteiger partial charge on any atom is 0.240 e. The summed E-state index contributed by atoms with van der Waals surface area (Å²) in [6.07, 6.45) is 1.46. The van der Waals surface area contributed by atoms with Gasteiger partial charge in [0.05, 0.1) is 5.69 Å². The molecule has 1 aromatic rings. The molecule has 3 heteroatoms. The Morgan fingerprint density at radius 1 is 1.20 bits per heavy atom. The number of isocyanates is 1. The van der Waals surface area contributed by atoms with Gasteiger partial charge in [0.1, 0.15) is 0 Å². The molecule has 1 rings (SSSR count). The summed E-state index contributed by atoms with van der Waals surface area (Å²) < 4.78 is 0. The molecule has 0 fully saturated rings. The van der Waals surface area contributed by atoms with Crippen molar-refractivity contribution in [2.24, 2.45) is 4.99 Å². The van der Waals surface area contributed by atoms with Crippen molar-refractivity contribution in [3.05, 3.63) is 30.3 Å². The molecule has 0 unspecified atom stereocenters. The Kier molecular flexibility index (Phi) is 3.80. The van der Waals surface area contributed by atoms with Gasteiger partial charge in [-0.05, 0) is 12.1 Å². The Morgan fingerprint density at radius 3 is 2.30 bits per heavy atom. The van der Waals surface area contributed by atoms with Crippen LogP contribution in [0.25, 0.3) is 0 Å². The summed E-state index contributed by atoms with van der Waals surface area (Å²) in [7, 11) is 0. The Hall–Kier alpha value is -1.44. The molecule has 0 saturated carbocycles. The van der Waals surface area contributed by atoms with Crippen molar-refractivity contribution in [2.75, 3.05) is 0 Å². The zero-order valence-corrected chi connectivity index (χ0v) is 5.24. The Labute approximate surface area is 58.3 Å². The summed E-state index contributed by atoms with van der Waals surface area (Å²) in [5.41, 5.74) is 0.646. The van der Waals surface area contributed by atoms with Crippen LogP contribution in [-0.2, 0) is 4.79 Å². The van der Waals surface area contributed by atoms with Crippen molar-refractivity contribution in [3.8, 4) is 0 Å². The number of para-hydroxylation sites is 1. The van der Waals surface area contributed by atoms with Gasteiger partial charge in [-0.25, -0.2) is 4.79 Å². The number of carbonyl (C=O) groups excluding carboxylic acids is 1. The molecule has 2 N–H and O–H groups in total. The van der Waals surface area contributed by atoms with Crippen LogP contribution in [0.4, 0.5) is 5.69 Å². The highest BCUT2D eigenvalue weighted by atomic mass is 16.1. The maximum absolute atomic E-state index is 9.68. The number of aliphatic imine (C=N–C) groups is 1. The minimum atomic E-state index is 0. The number of hydrogen-bond donors (Lipinski definition) is 0. The number of rotatable bonds is 1. The van der Waals surface area contributed by atoms with Crippen LogP contribution in [0.15, 0.2) is 35.3 Å². The molecule has 10 heavy (non-hydrogen) atoms. The lowest BCUT2D eigenvalue weighted by Gasteiger charge is -1.83. The van der Waals surface area contributed by atoms with Gasteiger partial charge >= 0.3 is 0 Å². The normalized spacial score (nSPS) is 7.20. The first-order valence-corrected chi connectivity index (χ1v) is 2.56. The third-order valence-electron chi connectivity index (χ3n) is 0.931. The van der Waals surface area contributed by atoms with Gasteiger partial charge in [-0.3, -0.25) is 0 Å². The molecule has 0 spiro atoms. The van der Waals surface area contributed by atoms with E-state index in [1.807, 2.05) is 18.2 Å². The predicted octanol–water partition coefficient (Wildman–Crippen LogP) is 0.829. The minimum Gasteiger partial charge on any atom is -0.412 e. The summed E-state index contributed by atoms with van der Waals surface area (Å²) in [4.78, 5) is 13.1. The van der Waals surface area contributed by atoms with E-state index in [-0.39, 0.29) is 5.48 Å². The van der Waals surface area contributed by atoms with E-state index >= 15 is 0 Å². The van der Waals surface area contributed by atoms with Crippen LogP contribution in [-0.4, -0.2) is 11.6 Å². The lowest BCUT2D eigenvalue weighted by atomic mass is 10.3. The van der Waals surface area contributed by atoms with E-state index in [0.717, 1.165) is 0 Å². The average molecular weight is 137 g/mol. The molecular formula is C7H7NO2. The quantitative estimate of drug-likeness (QED) is 0.417. The van der Waals surface area contributed by atoms with Gasteiger partial charge in [0.2, 0.25) is 6.08 Å². The third-order valence-corrected chi connectivity index (χ3v) is 0.931. The Balaban J connectivity index is 0.000000810. The molecule has 0 heterocycles. The van der Waals surface area contributed by atoms with Crippen molar-refractivity contribution < 1.29 is 10.3 Å². The van der Waals surface area contributed by atoms with Crippen LogP contribution in [0.2, 0.25) is 0 Å². The van der Waals surface area contributed by atoms with Gasteiger partial charge in [0, 0.05) is 0 Å². The monoisotopic (exact) mass is 137 g/mol. The van der Waals surface area contributed by atoms with Crippen molar-refractivity contribution in [3.63, 3.8) is 0 Å². The van der Waals surface area contributed by atoms with E-state index in [1.54, 1.807) is 12.1 Å². The molecule has 0 saturated heterocycles. The van der Waals surface area contributed by atoms with Gasteiger partial charge in [0.15, 0.2) is 0 Å². The van der Waals surface area contributed by atoms with Crippen LogP contribution < -0.4 is 0 Å². The van der Waals surface area contributed by atoms with Crippen molar-refractivity contribution in [2.45, 2.75) is 0 Å². The Morgan fingerprint density at radius 2 is 1.80 bits per heavy atom. The third kappa shape index (κ3) is 2.22. The molecule has 0 radical (unpaired) electrons. The standard InChI is InChI=1S/C7H5NO.H2O/c9-6-8-7-4-2-1-3-5-7;/h1-5H;1H2. The highest BCUT2D eigenvalue weighted by molar-refractivity contribution is 5.47. The molecule has 0 aliphatic carbocycles. The molecule has 52 valence electrons. The van der Waals surface area contributed by atoms with E-state index in [2.05, 4.69) is 4.99 Å². The summed E-state index contributed by atoms with van der Waals surface area (Å²) in [6.45, 7) is 0. The molecule has 0 atom stereocenters. The highest BCUT2D eigenvalue weighted by Gasteiger charge is 1.79. The molecule has 0 aliphatic rings. The van der Waals surface area contributed by atoms with Crippen molar-refractivity contribution in [1.29, 1.82) is 0 Å². The second-order valence-corrected chi connectivity index (χ2v) is 1.54. The van der Waals surface area contributed by atoms with Gasteiger partial charge in [-0.1, -0.05) is 18.2 Å². The molecule has 0 amide bonds. The van der Waals surface area contributed by atoms with Gasteiger partial charge < -0.3 is 5.48 Å². The topological polar surface area (TPSA) is 60.9 Å². The van der Waals surface area contributed by atoms with Crippen LogP contribution >= 0.6 is 0 Å². The molecule has 3 nitrogen and oxygen atoms in total. The molecule has 0 aromatic heterocycles. The minimum absolute atomic E-state index is 0. The van der Waals surface area contributed by atoms with Crippen LogP contribution in [0.1, 0.15) is 0 Å². The van der Waals surface area contributed by atoms with Gasteiger partial charge in [-0.2, -0.15) is 4.99 Å². The predicted molar refractivity (Wildman–Crippen MR) is 37.8 cm³/mol. The van der Waals surface area contributed by atoms with Gasteiger partial charge in [-0.15, -0.1) is 0 Å². The van der Waals surface area contributed by atoms with E-state index in [1.165, 1.54) is 6.08 Å². The summed E-state index contributed by atoms with van der Waals surface area (Å²) in [5, 5.41) is 0. The molecule has 0 aliphatic heterocycles. The van der Waals surface area contributed by atoms with Crippen LogP contribution in [0.3, 0.4) is 0 Å². The second-order valence-electron chi connectivity index (χ2n) is 1.54. The van der Waals surface area contributed by atoms with Crippen molar-refractivity contribution in [1.82, 2.24) is 0 Å². The van der Waals surface area contributed by atoms with Crippen molar-refractivity contribution >= 4 is 11.8 Å². The zero-order chi connectivity index (χ0) is 6.53. The summed E-state index contributed by atoms with van der Waals surface area (Å²) in [5.74, 6) is 0. The largest absolute Gasteiger partial charge is 0.412 e. The fourth-order valence-electron chi connectivity index (χ4n) is 0.555. The first kappa shape index (κ1) is 8.56. The number of hydrogen-bond acceptors (Lipinski definition) is 2. The number of benzene rings is 1. The lowest BCUT2D eigenvalue weighted by molar-refractivity contribution is 0.565. The van der Waals surface area contributed by atoms with Crippen LogP contribution in [0.5, 0.6) is 0 Å². The second kappa shape index (κ2) is 4.44. The zero-order valence-electron chi connectivity index (χ0n) is 5.24. The SMILES string of the molecule is O.O=C=Nc1ccccc1. The van der Waals surface area contributed by atoms with E-state index in [9.17, 15) is 4.79 Å². The average Bonchev–Trinajstić information content (AvgIpc) is 1.91.